The molecule has 0 spiro atoms. The molecule has 0 bridgehead atoms. The van der Waals surface area contributed by atoms with Crippen LogP contribution >= 0.6 is 0 Å². The average Bonchev–Trinajstić information content (AvgIpc) is 2.70. The molecule has 1 aromatic carbocycles. The van der Waals surface area contributed by atoms with Crippen LogP contribution in [-0.2, 0) is 10.3 Å². The van der Waals surface area contributed by atoms with Gasteiger partial charge >= 0.3 is 6.61 Å². The number of alkyl halides is 4. The molecule has 0 N–H and O–H groups in total. The van der Waals surface area contributed by atoms with Crippen LogP contribution in [0.4, 0.5) is 17.6 Å². The molecule has 1 heterocycles. The van der Waals surface area contributed by atoms with Crippen LogP contribution in [0.3, 0.4) is 0 Å². The summed E-state index contributed by atoms with van der Waals surface area (Å²) in [7, 11) is 0. The normalized spacial score (nSPS) is 25.8. The Labute approximate surface area is 99.1 Å². The summed E-state index contributed by atoms with van der Waals surface area (Å²) in [4.78, 5) is 0. The van der Waals surface area contributed by atoms with Gasteiger partial charge in [-0.3, -0.25) is 0 Å². The number of halogens is 4. The molecule has 1 fully saturated rings. The standard InChI is InChI=1S/C12H8F4O2/c13-10(14)18-11(6-12(11,15)16)9-5-7-3-1-2-4-8(7)17-9/h1-5,10H,6H2. The summed E-state index contributed by atoms with van der Waals surface area (Å²) in [5, 5.41) is 0.576. The Bertz CT molecular complexity index is 560. The summed E-state index contributed by atoms with van der Waals surface area (Å²) in [6.45, 7) is -3.27. The number of hydrogen-bond acceptors (Lipinski definition) is 2. The van der Waals surface area contributed by atoms with E-state index >= 15 is 0 Å². The number of para-hydroxylation sites is 1. The highest BCUT2D eigenvalue weighted by molar-refractivity contribution is 5.78. The molecule has 0 radical (unpaired) electrons. The summed E-state index contributed by atoms with van der Waals surface area (Å²) >= 11 is 0. The molecule has 2 nitrogen and oxygen atoms in total. The summed E-state index contributed by atoms with van der Waals surface area (Å²) < 4.78 is 60.4. The molecule has 1 aromatic heterocycles. The SMILES string of the molecule is FC(F)OC1(c2cc3ccccc3o2)CC1(F)F. The average molecular weight is 260 g/mol. The second kappa shape index (κ2) is 3.47. The third-order valence-corrected chi connectivity index (χ3v) is 3.05. The van der Waals surface area contributed by atoms with E-state index < -0.39 is 24.6 Å². The van der Waals surface area contributed by atoms with Crippen molar-refractivity contribution in [3.63, 3.8) is 0 Å². The van der Waals surface area contributed by atoms with Crippen molar-refractivity contribution in [2.24, 2.45) is 0 Å². The van der Waals surface area contributed by atoms with Gasteiger partial charge in [0.2, 0.25) is 5.60 Å². The van der Waals surface area contributed by atoms with E-state index in [0.29, 0.717) is 11.0 Å². The number of furan rings is 1. The van der Waals surface area contributed by atoms with Gasteiger partial charge in [-0.25, -0.2) is 8.78 Å². The maximum atomic E-state index is 13.3. The highest BCUT2D eigenvalue weighted by Gasteiger charge is 2.77. The minimum absolute atomic E-state index is 0.256. The maximum absolute atomic E-state index is 13.3. The third-order valence-electron chi connectivity index (χ3n) is 3.05. The Morgan fingerprint density at radius 1 is 1.22 bits per heavy atom. The van der Waals surface area contributed by atoms with Gasteiger partial charge in [-0.15, -0.1) is 0 Å². The molecule has 0 amide bonds. The number of ether oxygens (including phenoxy) is 1. The van der Waals surface area contributed by atoms with Crippen LogP contribution in [-0.4, -0.2) is 12.5 Å². The predicted molar refractivity (Wildman–Crippen MR) is 54.5 cm³/mol. The Morgan fingerprint density at radius 3 is 2.44 bits per heavy atom. The van der Waals surface area contributed by atoms with Gasteiger partial charge < -0.3 is 9.15 Å². The molecule has 1 saturated carbocycles. The number of hydrogen-bond donors (Lipinski definition) is 0. The molecule has 1 atom stereocenters. The highest BCUT2D eigenvalue weighted by atomic mass is 19.3. The lowest BCUT2D eigenvalue weighted by atomic mass is 10.2. The molecule has 96 valence electrons. The van der Waals surface area contributed by atoms with Crippen LogP contribution in [0.5, 0.6) is 0 Å². The van der Waals surface area contributed by atoms with E-state index in [1.165, 1.54) is 6.07 Å². The first-order valence-electron chi connectivity index (χ1n) is 5.27. The van der Waals surface area contributed by atoms with Crippen LogP contribution in [0, 0.1) is 0 Å². The second-order valence-corrected chi connectivity index (χ2v) is 4.24. The van der Waals surface area contributed by atoms with Gasteiger partial charge in [-0.2, -0.15) is 8.78 Å². The fraction of sp³-hybridized carbons (Fsp3) is 0.333. The molecule has 1 aliphatic carbocycles. The molecule has 3 rings (SSSR count). The monoisotopic (exact) mass is 260 g/mol. The molecular weight excluding hydrogens is 252 g/mol. The van der Waals surface area contributed by atoms with E-state index in [1.807, 2.05) is 0 Å². The molecule has 6 heteroatoms. The number of benzene rings is 1. The molecule has 18 heavy (non-hydrogen) atoms. The highest BCUT2D eigenvalue weighted by Crippen LogP contribution is 2.63. The molecule has 1 aliphatic rings. The topological polar surface area (TPSA) is 22.4 Å². The smallest absolute Gasteiger partial charge is 0.346 e. The van der Waals surface area contributed by atoms with Gasteiger partial charge in [0, 0.05) is 5.39 Å². The first-order chi connectivity index (χ1) is 8.45. The van der Waals surface area contributed by atoms with E-state index in [1.54, 1.807) is 24.3 Å². The predicted octanol–water partition coefficient (Wildman–Crippen LogP) is 3.91. The molecular formula is C12H8F4O2. The first-order valence-corrected chi connectivity index (χ1v) is 5.27. The van der Waals surface area contributed by atoms with E-state index in [9.17, 15) is 17.6 Å². The van der Waals surface area contributed by atoms with Crippen LogP contribution < -0.4 is 0 Å². The number of rotatable bonds is 3. The maximum Gasteiger partial charge on any atom is 0.346 e. The number of fused-ring (bicyclic) bond motifs is 1. The Morgan fingerprint density at radius 2 is 1.89 bits per heavy atom. The summed E-state index contributed by atoms with van der Waals surface area (Å²) in [6.07, 6.45) is -0.788. The summed E-state index contributed by atoms with van der Waals surface area (Å²) in [5.41, 5.74) is -1.95. The van der Waals surface area contributed by atoms with Gasteiger partial charge in [0.1, 0.15) is 11.3 Å². The van der Waals surface area contributed by atoms with Crippen LogP contribution in [0.15, 0.2) is 34.7 Å². The van der Waals surface area contributed by atoms with E-state index in [-0.39, 0.29) is 5.76 Å². The molecule has 0 saturated heterocycles. The largest absolute Gasteiger partial charge is 0.458 e. The molecule has 0 aliphatic heterocycles. The van der Waals surface area contributed by atoms with Crippen molar-refractivity contribution < 1.29 is 26.7 Å². The van der Waals surface area contributed by atoms with Crippen LogP contribution in [0.1, 0.15) is 12.2 Å². The first kappa shape index (κ1) is 11.5. The van der Waals surface area contributed by atoms with Gasteiger partial charge in [0.25, 0.3) is 5.92 Å². The minimum Gasteiger partial charge on any atom is -0.458 e. The lowest BCUT2D eigenvalue weighted by Crippen LogP contribution is -2.22. The van der Waals surface area contributed by atoms with E-state index in [2.05, 4.69) is 4.74 Å². The van der Waals surface area contributed by atoms with Gasteiger partial charge in [0.15, 0.2) is 0 Å². The van der Waals surface area contributed by atoms with Crippen LogP contribution in [0.2, 0.25) is 0 Å². The zero-order chi connectivity index (χ0) is 13.0. The zero-order valence-electron chi connectivity index (χ0n) is 9.00. The lowest BCUT2D eigenvalue weighted by molar-refractivity contribution is -0.207. The van der Waals surface area contributed by atoms with Gasteiger partial charge in [-0.05, 0) is 12.1 Å². The zero-order valence-corrected chi connectivity index (χ0v) is 9.00. The molecule has 1 unspecified atom stereocenters. The van der Waals surface area contributed by atoms with E-state index in [0.717, 1.165) is 0 Å². The Hall–Kier alpha value is -1.56. The van der Waals surface area contributed by atoms with Crippen molar-refractivity contribution in [1.82, 2.24) is 0 Å². The lowest BCUT2D eigenvalue weighted by Gasteiger charge is -2.13. The summed E-state index contributed by atoms with van der Waals surface area (Å²) in [6, 6.07) is 7.92. The van der Waals surface area contributed by atoms with Crippen molar-refractivity contribution in [2.45, 2.75) is 24.6 Å². The Balaban J connectivity index is 2.06. The van der Waals surface area contributed by atoms with Gasteiger partial charge in [0.05, 0.1) is 6.42 Å². The van der Waals surface area contributed by atoms with Crippen LogP contribution in [0.25, 0.3) is 11.0 Å². The second-order valence-electron chi connectivity index (χ2n) is 4.24. The fourth-order valence-corrected chi connectivity index (χ4v) is 2.05. The van der Waals surface area contributed by atoms with Crippen molar-refractivity contribution in [2.75, 3.05) is 0 Å². The van der Waals surface area contributed by atoms with Crippen molar-refractivity contribution >= 4 is 11.0 Å². The quantitative estimate of drug-likeness (QED) is 0.781. The fourth-order valence-electron chi connectivity index (χ4n) is 2.05. The van der Waals surface area contributed by atoms with Crippen molar-refractivity contribution in [3.05, 3.63) is 36.1 Å². The van der Waals surface area contributed by atoms with E-state index in [4.69, 9.17) is 4.42 Å². The Kier molecular flexibility index (Phi) is 2.22. The summed E-state index contributed by atoms with van der Waals surface area (Å²) in [5.74, 6) is -3.58. The minimum atomic E-state index is -3.32. The molecule has 2 aromatic rings. The van der Waals surface area contributed by atoms with Gasteiger partial charge in [-0.1, -0.05) is 18.2 Å². The van der Waals surface area contributed by atoms with Crippen molar-refractivity contribution in [1.29, 1.82) is 0 Å². The third kappa shape index (κ3) is 1.52. The van der Waals surface area contributed by atoms with Crippen molar-refractivity contribution in [3.8, 4) is 0 Å².